The third-order valence-corrected chi connectivity index (χ3v) is 5.33. The SMILES string of the molecule is CC(=Cc1ccc(C(=O)O)cc1)c1ccc2c(c1)C(C)(C)CCCC2. The molecule has 0 heterocycles. The van der Waals surface area contributed by atoms with Crippen LogP contribution in [0.2, 0.25) is 0 Å². The van der Waals surface area contributed by atoms with Crippen LogP contribution in [0.25, 0.3) is 11.6 Å². The molecule has 0 atom stereocenters. The molecule has 0 bridgehead atoms. The highest BCUT2D eigenvalue weighted by molar-refractivity contribution is 5.88. The molecule has 25 heavy (non-hydrogen) atoms. The van der Waals surface area contributed by atoms with Gasteiger partial charge in [-0.15, -0.1) is 0 Å². The number of hydrogen-bond donors (Lipinski definition) is 1. The summed E-state index contributed by atoms with van der Waals surface area (Å²) in [5.74, 6) is -0.889. The van der Waals surface area contributed by atoms with Crippen molar-refractivity contribution in [2.75, 3.05) is 0 Å². The first kappa shape index (κ1) is 17.5. The van der Waals surface area contributed by atoms with E-state index in [2.05, 4.69) is 45.0 Å². The molecular formula is C23H26O2. The lowest BCUT2D eigenvalue weighted by molar-refractivity contribution is 0.0697. The van der Waals surface area contributed by atoms with Crippen LogP contribution >= 0.6 is 0 Å². The normalized spacial score (nSPS) is 16.8. The van der Waals surface area contributed by atoms with E-state index in [1.54, 1.807) is 12.1 Å². The smallest absolute Gasteiger partial charge is 0.335 e. The highest BCUT2D eigenvalue weighted by atomic mass is 16.4. The van der Waals surface area contributed by atoms with Gasteiger partial charge in [0.15, 0.2) is 0 Å². The molecule has 0 unspecified atom stereocenters. The zero-order valence-electron chi connectivity index (χ0n) is 15.3. The first-order chi connectivity index (χ1) is 11.9. The lowest BCUT2D eigenvalue weighted by Crippen LogP contribution is -2.17. The molecule has 1 aliphatic rings. The Labute approximate surface area is 150 Å². The molecule has 1 N–H and O–H groups in total. The van der Waals surface area contributed by atoms with Gasteiger partial charge in [-0.1, -0.05) is 56.7 Å². The standard InChI is InChI=1S/C23H26O2/c1-16(14-17-7-9-19(10-8-17)22(24)25)20-12-11-18-6-4-5-13-23(2,3)21(18)15-20/h7-12,14-15H,4-6,13H2,1-3H3,(H,24,25). The van der Waals surface area contributed by atoms with E-state index in [1.165, 1.54) is 47.9 Å². The van der Waals surface area contributed by atoms with Crippen LogP contribution in [0.5, 0.6) is 0 Å². The third-order valence-electron chi connectivity index (χ3n) is 5.33. The number of fused-ring (bicyclic) bond motifs is 1. The molecule has 2 nitrogen and oxygen atoms in total. The fourth-order valence-corrected chi connectivity index (χ4v) is 3.74. The van der Waals surface area contributed by atoms with Gasteiger partial charge >= 0.3 is 5.97 Å². The molecule has 130 valence electrons. The molecule has 2 aromatic rings. The van der Waals surface area contributed by atoms with Gasteiger partial charge in [0.2, 0.25) is 0 Å². The predicted octanol–water partition coefficient (Wildman–Crippen LogP) is 5.95. The summed E-state index contributed by atoms with van der Waals surface area (Å²) in [6.07, 6.45) is 7.11. The van der Waals surface area contributed by atoms with Gasteiger partial charge < -0.3 is 5.11 Å². The van der Waals surface area contributed by atoms with E-state index in [4.69, 9.17) is 5.11 Å². The van der Waals surface area contributed by atoms with E-state index >= 15 is 0 Å². The van der Waals surface area contributed by atoms with Crippen LogP contribution < -0.4 is 0 Å². The summed E-state index contributed by atoms with van der Waals surface area (Å²) in [7, 11) is 0. The van der Waals surface area contributed by atoms with Crippen molar-refractivity contribution < 1.29 is 9.90 Å². The number of benzene rings is 2. The van der Waals surface area contributed by atoms with Crippen molar-refractivity contribution in [2.45, 2.75) is 51.9 Å². The molecule has 2 heteroatoms. The molecule has 1 aliphatic carbocycles. The maximum absolute atomic E-state index is 11.0. The Morgan fingerprint density at radius 1 is 1.04 bits per heavy atom. The first-order valence-electron chi connectivity index (χ1n) is 9.02. The van der Waals surface area contributed by atoms with Crippen molar-refractivity contribution in [2.24, 2.45) is 0 Å². The fraction of sp³-hybridized carbons (Fsp3) is 0.348. The van der Waals surface area contributed by atoms with Gasteiger partial charge in [0.1, 0.15) is 0 Å². The Hall–Kier alpha value is -2.35. The summed E-state index contributed by atoms with van der Waals surface area (Å²) >= 11 is 0. The number of aromatic carboxylic acids is 1. The third kappa shape index (κ3) is 3.84. The lowest BCUT2D eigenvalue weighted by Gasteiger charge is -2.26. The van der Waals surface area contributed by atoms with E-state index in [0.29, 0.717) is 5.56 Å². The zero-order chi connectivity index (χ0) is 18.0. The molecule has 0 amide bonds. The number of carboxylic acids is 1. The highest BCUT2D eigenvalue weighted by Gasteiger charge is 2.25. The van der Waals surface area contributed by atoms with Crippen LogP contribution in [0.1, 0.15) is 72.6 Å². The molecule has 0 saturated carbocycles. The van der Waals surface area contributed by atoms with E-state index in [0.717, 1.165) is 5.56 Å². The van der Waals surface area contributed by atoms with Gasteiger partial charge in [-0.3, -0.25) is 0 Å². The summed E-state index contributed by atoms with van der Waals surface area (Å²) in [4.78, 5) is 11.0. The van der Waals surface area contributed by atoms with E-state index in [1.807, 2.05) is 12.1 Å². The molecule has 0 saturated heterocycles. The van der Waals surface area contributed by atoms with Crippen molar-refractivity contribution in [3.05, 3.63) is 70.3 Å². The average Bonchev–Trinajstić information content (AvgIpc) is 2.73. The van der Waals surface area contributed by atoms with Crippen LogP contribution in [0.4, 0.5) is 0 Å². The molecule has 3 rings (SSSR count). The number of aryl methyl sites for hydroxylation is 1. The van der Waals surface area contributed by atoms with Crippen LogP contribution in [0, 0.1) is 0 Å². The quantitative estimate of drug-likeness (QED) is 0.556. The van der Waals surface area contributed by atoms with Crippen molar-refractivity contribution in [1.29, 1.82) is 0 Å². The minimum atomic E-state index is -0.889. The minimum Gasteiger partial charge on any atom is -0.478 e. The number of hydrogen-bond acceptors (Lipinski definition) is 1. The van der Waals surface area contributed by atoms with Crippen LogP contribution in [-0.2, 0) is 11.8 Å². The first-order valence-corrected chi connectivity index (χ1v) is 9.02. The number of rotatable bonds is 3. The van der Waals surface area contributed by atoms with Gasteiger partial charge in [-0.25, -0.2) is 4.79 Å². The van der Waals surface area contributed by atoms with Gasteiger partial charge in [-0.2, -0.15) is 0 Å². The van der Waals surface area contributed by atoms with Crippen molar-refractivity contribution in [3.8, 4) is 0 Å². The van der Waals surface area contributed by atoms with Gasteiger partial charge in [-0.05, 0) is 71.6 Å². The summed E-state index contributed by atoms with van der Waals surface area (Å²) in [5, 5.41) is 9.00. The second-order valence-corrected chi connectivity index (χ2v) is 7.72. The van der Waals surface area contributed by atoms with Crippen molar-refractivity contribution in [3.63, 3.8) is 0 Å². The van der Waals surface area contributed by atoms with Gasteiger partial charge in [0.05, 0.1) is 5.56 Å². The molecule has 0 radical (unpaired) electrons. The van der Waals surface area contributed by atoms with Crippen LogP contribution in [0.3, 0.4) is 0 Å². The molecule has 0 spiro atoms. The molecular weight excluding hydrogens is 308 g/mol. The van der Waals surface area contributed by atoms with Crippen molar-refractivity contribution >= 4 is 17.6 Å². The topological polar surface area (TPSA) is 37.3 Å². The molecule has 0 aliphatic heterocycles. The van der Waals surface area contributed by atoms with Crippen LogP contribution in [0.15, 0.2) is 42.5 Å². The number of carboxylic acid groups (broad SMARTS) is 1. The largest absolute Gasteiger partial charge is 0.478 e. The zero-order valence-corrected chi connectivity index (χ0v) is 15.3. The second-order valence-electron chi connectivity index (χ2n) is 7.72. The Kier molecular flexibility index (Phi) is 4.80. The Morgan fingerprint density at radius 2 is 1.72 bits per heavy atom. The predicted molar refractivity (Wildman–Crippen MR) is 104 cm³/mol. The summed E-state index contributed by atoms with van der Waals surface area (Å²) < 4.78 is 0. The monoisotopic (exact) mass is 334 g/mol. The Bertz CT molecular complexity index is 810. The van der Waals surface area contributed by atoms with Crippen LogP contribution in [-0.4, -0.2) is 11.1 Å². The van der Waals surface area contributed by atoms with Gasteiger partial charge in [0, 0.05) is 0 Å². The Morgan fingerprint density at radius 3 is 2.40 bits per heavy atom. The maximum atomic E-state index is 11.0. The maximum Gasteiger partial charge on any atom is 0.335 e. The number of carbonyl (C=O) groups is 1. The van der Waals surface area contributed by atoms with E-state index in [9.17, 15) is 4.79 Å². The molecule has 0 aromatic heterocycles. The fourth-order valence-electron chi connectivity index (χ4n) is 3.74. The summed E-state index contributed by atoms with van der Waals surface area (Å²) in [6.45, 7) is 6.83. The van der Waals surface area contributed by atoms with Gasteiger partial charge in [0.25, 0.3) is 0 Å². The second kappa shape index (κ2) is 6.87. The Balaban J connectivity index is 1.93. The minimum absolute atomic E-state index is 0.227. The van der Waals surface area contributed by atoms with E-state index in [-0.39, 0.29) is 5.41 Å². The van der Waals surface area contributed by atoms with E-state index < -0.39 is 5.97 Å². The summed E-state index contributed by atoms with van der Waals surface area (Å²) in [6, 6.07) is 13.9. The highest BCUT2D eigenvalue weighted by Crippen LogP contribution is 2.37. The average molecular weight is 334 g/mol. The summed E-state index contributed by atoms with van der Waals surface area (Å²) in [5.41, 5.74) is 6.99. The number of allylic oxidation sites excluding steroid dienone is 1. The molecule has 0 fully saturated rings. The lowest BCUT2D eigenvalue weighted by atomic mass is 9.79. The molecule has 2 aromatic carbocycles. The van der Waals surface area contributed by atoms with Crippen molar-refractivity contribution in [1.82, 2.24) is 0 Å².